The zero-order valence-corrected chi connectivity index (χ0v) is 11.5. The lowest BCUT2D eigenvalue weighted by molar-refractivity contribution is 0.342. The van der Waals surface area contributed by atoms with Gasteiger partial charge >= 0.3 is 0 Å². The second-order valence-electron chi connectivity index (χ2n) is 5.19. The highest BCUT2D eigenvalue weighted by atomic mass is 16.5. The predicted octanol–water partition coefficient (Wildman–Crippen LogP) is 3.29. The van der Waals surface area contributed by atoms with E-state index in [9.17, 15) is 0 Å². The van der Waals surface area contributed by atoms with Crippen molar-refractivity contribution in [3.05, 3.63) is 18.2 Å². The van der Waals surface area contributed by atoms with E-state index in [1.165, 1.54) is 31.4 Å². The Morgan fingerprint density at radius 1 is 1.33 bits per heavy atom. The Balaban J connectivity index is 2.04. The molecule has 100 valence electrons. The fourth-order valence-electron chi connectivity index (χ4n) is 2.73. The van der Waals surface area contributed by atoms with Gasteiger partial charge in [-0.25, -0.2) is 0 Å². The van der Waals surface area contributed by atoms with Gasteiger partial charge in [0, 0.05) is 25.3 Å². The summed E-state index contributed by atoms with van der Waals surface area (Å²) < 4.78 is 5.55. The average molecular weight is 248 g/mol. The summed E-state index contributed by atoms with van der Waals surface area (Å²) in [6, 6.07) is 6.06. The number of benzene rings is 1. The summed E-state index contributed by atoms with van der Waals surface area (Å²) in [4.78, 5) is 2.32. The molecule has 1 aromatic rings. The maximum atomic E-state index is 5.90. The maximum absolute atomic E-state index is 5.90. The molecule has 0 heterocycles. The number of nitrogens with zero attached hydrogens (tertiary/aromatic N) is 1. The highest BCUT2D eigenvalue weighted by Crippen LogP contribution is 2.30. The van der Waals surface area contributed by atoms with Gasteiger partial charge in [-0.2, -0.15) is 0 Å². The van der Waals surface area contributed by atoms with E-state index in [-0.39, 0.29) is 0 Å². The Morgan fingerprint density at radius 2 is 2.06 bits per heavy atom. The number of anilines is 2. The van der Waals surface area contributed by atoms with E-state index in [1.807, 2.05) is 19.1 Å². The molecule has 2 N–H and O–H groups in total. The van der Waals surface area contributed by atoms with E-state index in [0.29, 0.717) is 6.61 Å². The molecule has 1 aromatic carbocycles. The molecule has 0 spiro atoms. The molecule has 1 saturated carbocycles. The summed E-state index contributed by atoms with van der Waals surface area (Å²) in [7, 11) is 2.15. The highest BCUT2D eigenvalue weighted by molar-refractivity contribution is 5.62. The molecule has 2 rings (SSSR count). The summed E-state index contributed by atoms with van der Waals surface area (Å²) in [6.07, 6.45) is 5.53. The van der Waals surface area contributed by atoms with Crippen molar-refractivity contribution in [1.29, 1.82) is 0 Å². The summed E-state index contributed by atoms with van der Waals surface area (Å²) >= 11 is 0. The van der Waals surface area contributed by atoms with Crippen LogP contribution in [0.25, 0.3) is 0 Å². The first kappa shape index (κ1) is 13.1. The smallest absolute Gasteiger partial charge is 0.144 e. The second kappa shape index (κ2) is 5.98. The number of hydrogen-bond acceptors (Lipinski definition) is 3. The van der Waals surface area contributed by atoms with Crippen molar-refractivity contribution in [2.45, 2.75) is 32.6 Å². The van der Waals surface area contributed by atoms with E-state index in [1.54, 1.807) is 0 Å². The van der Waals surface area contributed by atoms with Crippen molar-refractivity contribution >= 4 is 11.4 Å². The Kier molecular flexibility index (Phi) is 4.34. The third-order valence-electron chi connectivity index (χ3n) is 3.74. The lowest BCUT2D eigenvalue weighted by Crippen LogP contribution is -2.24. The van der Waals surface area contributed by atoms with Crippen LogP contribution < -0.4 is 15.4 Å². The van der Waals surface area contributed by atoms with Crippen LogP contribution in [0.3, 0.4) is 0 Å². The molecule has 0 atom stereocenters. The summed E-state index contributed by atoms with van der Waals surface area (Å²) in [5, 5.41) is 0. The van der Waals surface area contributed by atoms with Gasteiger partial charge in [0.1, 0.15) is 5.75 Å². The molecule has 18 heavy (non-hydrogen) atoms. The molecule has 3 nitrogen and oxygen atoms in total. The number of nitrogens with two attached hydrogens (primary N) is 1. The van der Waals surface area contributed by atoms with Crippen LogP contribution in [-0.4, -0.2) is 20.2 Å². The lowest BCUT2D eigenvalue weighted by Gasteiger charge is -2.24. The van der Waals surface area contributed by atoms with E-state index in [2.05, 4.69) is 18.0 Å². The number of ether oxygens (including phenoxy) is 1. The van der Waals surface area contributed by atoms with Gasteiger partial charge in [0.05, 0.1) is 12.3 Å². The van der Waals surface area contributed by atoms with Crippen LogP contribution in [0, 0.1) is 5.92 Å². The van der Waals surface area contributed by atoms with Gasteiger partial charge in [0.25, 0.3) is 0 Å². The number of nitrogen functional groups attached to an aromatic ring is 1. The molecule has 0 radical (unpaired) electrons. The summed E-state index contributed by atoms with van der Waals surface area (Å²) in [5.74, 6) is 1.65. The SMILES string of the molecule is CCOc1cc(N(C)CC2CCCC2)ccc1N. The number of rotatable bonds is 5. The molecule has 0 unspecified atom stereocenters. The molecule has 3 heteroatoms. The van der Waals surface area contributed by atoms with E-state index < -0.39 is 0 Å². The molecule has 0 saturated heterocycles. The minimum Gasteiger partial charge on any atom is -0.492 e. The first-order valence-electron chi connectivity index (χ1n) is 6.94. The fourth-order valence-corrected chi connectivity index (χ4v) is 2.73. The van der Waals surface area contributed by atoms with Crippen LogP contribution in [0.5, 0.6) is 5.75 Å². The van der Waals surface area contributed by atoms with Gasteiger partial charge in [0.15, 0.2) is 0 Å². The van der Waals surface area contributed by atoms with Gasteiger partial charge < -0.3 is 15.4 Å². The van der Waals surface area contributed by atoms with Crippen LogP contribution in [0.15, 0.2) is 18.2 Å². The van der Waals surface area contributed by atoms with Crippen molar-refractivity contribution < 1.29 is 4.74 Å². The molecule has 1 fully saturated rings. The zero-order chi connectivity index (χ0) is 13.0. The molecule has 0 amide bonds. The normalized spacial score (nSPS) is 15.9. The van der Waals surface area contributed by atoms with Crippen LogP contribution in [0.1, 0.15) is 32.6 Å². The highest BCUT2D eigenvalue weighted by Gasteiger charge is 2.17. The minimum atomic E-state index is 0.653. The van der Waals surface area contributed by atoms with Crippen molar-refractivity contribution in [2.75, 3.05) is 30.8 Å². The van der Waals surface area contributed by atoms with Gasteiger partial charge in [-0.05, 0) is 37.8 Å². The summed E-state index contributed by atoms with van der Waals surface area (Å²) in [5.41, 5.74) is 7.81. The molecular formula is C15H24N2O. The molecule has 0 aliphatic heterocycles. The van der Waals surface area contributed by atoms with Crippen molar-refractivity contribution in [1.82, 2.24) is 0 Å². The van der Waals surface area contributed by atoms with Gasteiger partial charge in [-0.1, -0.05) is 12.8 Å². The van der Waals surface area contributed by atoms with Crippen molar-refractivity contribution in [3.63, 3.8) is 0 Å². The van der Waals surface area contributed by atoms with Gasteiger partial charge in [0.2, 0.25) is 0 Å². The summed E-state index contributed by atoms with van der Waals surface area (Å²) in [6.45, 7) is 3.77. The topological polar surface area (TPSA) is 38.5 Å². The molecule has 1 aliphatic rings. The maximum Gasteiger partial charge on any atom is 0.144 e. The first-order valence-corrected chi connectivity index (χ1v) is 6.94. The zero-order valence-electron chi connectivity index (χ0n) is 11.5. The Hall–Kier alpha value is -1.38. The monoisotopic (exact) mass is 248 g/mol. The second-order valence-corrected chi connectivity index (χ2v) is 5.19. The van der Waals surface area contributed by atoms with Crippen LogP contribution in [0.4, 0.5) is 11.4 Å². The quantitative estimate of drug-likeness (QED) is 0.813. The standard InChI is InChI=1S/C15H24N2O/c1-3-18-15-10-13(8-9-14(15)16)17(2)11-12-6-4-5-7-12/h8-10,12H,3-7,11,16H2,1-2H3. The Morgan fingerprint density at radius 3 is 2.72 bits per heavy atom. The fraction of sp³-hybridized carbons (Fsp3) is 0.600. The van der Waals surface area contributed by atoms with Crippen LogP contribution in [0.2, 0.25) is 0 Å². The lowest BCUT2D eigenvalue weighted by atomic mass is 10.1. The third kappa shape index (κ3) is 3.09. The Labute approximate surface area is 110 Å². The minimum absolute atomic E-state index is 0.653. The largest absolute Gasteiger partial charge is 0.492 e. The first-order chi connectivity index (χ1) is 8.70. The van der Waals surface area contributed by atoms with E-state index >= 15 is 0 Å². The van der Waals surface area contributed by atoms with Gasteiger partial charge in [-0.15, -0.1) is 0 Å². The van der Waals surface area contributed by atoms with Crippen molar-refractivity contribution in [2.24, 2.45) is 5.92 Å². The molecule has 0 aromatic heterocycles. The van der Waals surface area contributed by atoms with E-state index in [4.69, 9.17) is 10.5 Å². The predicted molar refractivity (Wildman–Crippen MR) is 77.3 cm³/mol. The number of hydrogen-bond donors (Lipinski definition) is 1. The third-order valence-corrected chi connectivity index (χ3v) is 3.74. The van der Waals surface area contributed by atoms with Crippen LogP contribution >= 0.6 is 0 Å². The Bertz CT molecular complexity index is 386. The molecule has 1 aliphatic carbocycles. The van der Waals surface area contributed by atoms with Gasteiger partial charge in [-0.3, -0.25) is 0 Å². The molecule has 0 bridgehead atoms. The van der Waals surface area contributed by atoms with Crippen molar-refractivity contribution in [3.8, 4) is 5.75 Å². The van der Waals surface area contributed by atoms with E-state index in [0.717, 1.165) is 23.9 Å². The molecular weight excluding hydrogens is 224 g/mol. The average Bonchev–Trinajstić information content (AvgIpc) is 2.85. The van der Waals surface area contributed by atoms with Crippen LogP contribution in [-0.2, 0) is 0 Å².